The second-order valence-corrected chi connectivity index (χ2v) is 3.72. The summed E-state index contributed by atoms with van der Waals surface area (Å²) < 4.78 is 6.13. The van der Waals surface area contributed by atoms with Gasteiger partial charge in [-0.15, -0.1) is 0 Å². The third-order valence-electron chi connectivity index (χ3n) is 2.32. The molecule has 1 heterocycles. The van der Waals surface area contributed by atoms with Gasteiger partial charge in [-0.1, -0.05) is 12.1 Å². The van der Waals surface area contributed by atoms with Crippen molar-refractivity contribution < 1.29 is 14.5 Å². The molecular weight excluding hydrogens is 252 g/mol. The van der Waals surface area contributed by atoms with Crippen molar-refractivity contribution in [3.05, 3.63) is 52.3 Å². The SMILES string of the molecule is NC(=O)Oc1ccc(Cn2cc([N+](=O)[O-])cn2)cc1. The average Bonchev–Trinajstić information content (AvgIpc) is 2.80. The molecule has 2 rings (SSSR count). The van der Waals surface area contributed by atoms with E-state index in [4.69, 9.17) is 5.73 Å². The number of hydrogen-bond donors (Lipinski definition) is 1. The molecular formula is C11H10N4O4. The summed E-state index contributed by atoms with van der Waals surface area (Å²) in [4.78, 5) is 20.5. The fourth-order valence-corrected chi connectivity index (χ4v) is 1.50. The first-order valence-corrected chi connectivity index (χ1v) is 5.27. The zero-order valence-corrected chi connectivity index (χ0v) is 9.72. The van der Waals surface area contributed by atoms with Crippen LogP contribution in [0.15, 0.2) is 36.7 Å². The van der Waals surface area contributed by atoms with Crippen LogP contribution in [0.4, 0.5) is 10.5 Å². The fraction of sp³-hybridized carbons (Fsp3) is 0.0909. The lowest BCUT2D eigenvalue weighted by molar-refractivity contribution is -0.385. The molecule has 0 saturated carbocycles. The minimum Gasteiger partial charge on any atom is -0.411 e. The average molecular weight is 262 g/mol. The van der Waals surface area contributed by atoms with Gasteiger partial charge in [0, 0.05) is 0 Å². The minimum absolute atomic E-state index is 0.0614. The van der Waals surface area contributed by atoms with E-state index in [0.717, 1.165) is 5.56 Å². The van der Waals surface area contributed by atoms with Crippen molar-refractivity contribution in [2.24, 2.45) is 5.73 Å². The van der Waals surface area contributed by atoms with Crippen LogP contribution >= 0.6 is 0 Å². The maximum atomic E-state index is 10.5. The highest BCUT2D eigenvalue weighted by molar-refractivity contribution is 5.67. The number of aromatic nitrogens is 2. The van der Waals surface area contributed by atoms with Gasteiger partial charge in [0.25, 0.3) is 0 Å². The molecule has 1 amide bonds. The standard InChI is InChI=1S/C11H10N4O4/c12-11(16)19-10-3-1-8(2-4-10)6-14-7-9(5-13-14)15(17)18/h1-5,7H,6H2,(H2,12,16). The molecule has 0 spiro atoms. The third-order valence-corrected chi connectivity index (χ3v) is 2.32. The van der Waals surface area contributed by atoms with Crippen molar-refractivity contribution in [2.45, 2.75) is 6.54 Å². The smallest absolute Gasteiger partial charge is 0.409 e. The normalized spacial score (nSPS) is 10.1. The first kappa shape index (κ1) is 12.6. The van der Waals surface area contributed by atoms with Gasteiger partial charge in [-0.3, -0.25) is 14.8 Å². The largest absolute Gasteiger partial charge is 0.411 e. The lowest BCUT2D eigenvalue weighted by atomic mass is 10.2. The van der Waals surface area contributed by atoms with Gasteiger partial charge >= 0.3 is 11.8 Å². The Morgan fingerprint density at radius 2 is 2.11 bits per heavy atom. The zero-order chi connectivity index (χ0) is 13.8. The molecule has 0 bridgehead atoms. The number of nitrogens with zero attached hydrogens (tertiary/aromatic N) is 3. The van der Waals surface area contributed by atoms with Crippen molar-refractivity contribution in [3.63, 3.8) is 0 Å². The molecule has 0 fully saturated rings. The number of ether oxygens (including phenoxy) is 1. The molecule has 0 aliphatic carbocycles. The number of carbonyl (C=O) groups is 1. The van der Waals surface area contributed by atoms with Gasteiger partial charge in [0.15, 0.2) is 0 Å². The first-order valence-electron chi connectivity index (χ1n) is 5.27. The van der Waals surface area contributed by atoms with E-state index >= 15 is 0 Å². The van der Waals surface area contributed by atoms with Gasteiger partial charge in [0.1, 0.15) is 18.1 Å². The summed E-state index contributed by atoms with van der Waals surface area (Å²) in [6.45, 7) is 0.380. The number of nitrogens with two attached hydrogens (primary N) is 1. The van der Waals surface area contributed by atoms with Crippen LogP contribution in [0.1, 0.15) is 5.56 Å². The van der Waals surface area contributed by atoms with Gasteiger partial charge in [0.05, 0.1) is 11.5 Å². The predicted molar refractivity (Wildman–Crippen MR) is 64.6 cm³/mol. The Bertz CT molecular complexity index is 605. The van der Waals surface area contributed by atoms with Crippen molar-refractivity contribution in [1.82, 2.24) is 9.78 Å². The second kappa shape index (κ2) is 5.17. The van der Waals surface area contributed by atoms with Crippen molar-refractivity contribution in [3.8, 4) is 5.75 Å². The van der Waals surface area contributed by atoms with E-state index < -0.39 is 11.0 Å². The van der Waals surface area contributed by atoms with Gasteiger partial charge in [-0.2, -0.15) is 5.10 Å². The van der Waals surface area contributed by atoms with E-state index in [0.29, 0.717) is 12.3 Å². The predicted octanol–water partition coefficient (Wildman–Crippen LogP) is 1.30. The highest BCUT2D eigenvalue weighted by Crippen LogP contribution is 2.14. The molecule has 2 N–H and O–H groups in total. The van der Waals surface area contributed by atoms with Gasteiger partial charge in [-0.25, -0.2) is 4.79 Å². The van der Waals surface area contributed by atoms with Gasteiger partial charge in [-0.05, 0) is 17.7 Å². The fourth-order valence-electron chi connectivity index (χ4n) is 1.50. The lowest BCUT2D eigenvalue weighted by Crippen LogP contribution is -2.16. The molecule has 8 nitrogen and oxygen atoms in total. The number of rotatable bonds is 4. The van der Waals surface area contributed by atoms with Gasteiger partial charge < -0.3 is 10.5 Å². The molecule has 2 aromatic rings. The second-order valence-electron chi connectivity index (χ2n) is 3.72. The zero-order valence-electron chi connectivity index (χ0n) is 9.72. The van der Waals surface area contributed by atoms with Crippen LogP contribution in [-0.4, -0.2) is 20.8 Å². The molecule has 0 unspecified atom stereocenters. The van der Waals surface area contributed by atoms with E-state index in [1.165, 1.54) is 17.1 Å². The Morgan fingerprint density at radius 1 is 1.42 bits per heavy atom. The van der Waals surface area contributed by atoms with Crippen molar-refractivity contribution in [2.75, 3.05) is 0 Å². The topological polar surface area (TPSA) is 113 Å². The van der Waals surface area contributed by atoms with E-state index in [-0.39, 0.29) is 5.69 Å². The summed E-state index contributed by atoms with van der Waals surface area (Å²) in [6, 6.07) is 6.59. The Kier molecular flexibility index (Phi) is 3.42. The number of primary amides is 1. The number of carbonyl (C=O) groups excluding carboxylic acids is 1. The Labute approximate surface area is 107 Å². The molecule has 0 aliphatic heterocycles. The van der Waals surface area contributed by atoms with Crippen LogP contribution in [-0.2, 0) is 6.54 Å². The van der Waals surface area contributed by atoms with E-state index in [2.05, 4.69) is 9.84 Å². The molecule has 1 aromatic carbocycles. The number of benzene rings is 1. The first-order chi connectivity index (χ1) is 9.04. The molecule has 0 atom stereocenters. The molecule has 1 aromatic heterocycles. The highest BCUT2D eigenvalue weighted by atomic mass is 16.6. The van der Waals surface area contributed by atoms with Gasteiger partial charge in [0.2, 0.25) is 0 Å². The van der Waals surface area contributed by atoms with E-state index in [1.54, 1.807) is 24.3 Å². The third kappa shape index (κ3) is 3.28. The maximum Gasteiger partial charge on any atom is 0.409 e. The molecule has 19 heavy (non-hydrogen) atoms. The summed E-state index contributed by atoms with van der Waals surface area (Å²) >= 11 is 0. The monoisotopic (exact) mass is 262 g/mol. The summed E-state index contributed by atoms with van der Waals surface area (Å²) in [6.07, 6.45) is 1.65. The Morgan fingerprint density at radius 3 is 2.63 bits per heavy atom. The van der Waals surface area contributed by atoms with Crippen LogP contribution < -0.4 is 10.5 Å². The van der Waals surface area contributed by atoms with Crippen molar-refractivity contribution >= 4 is 11.8 Å². The molecule has 0 radical (unpaired) electrons. The number of amides is 1. The summed E-state index contributed by atoms with van der Waals surface area (Å²) in [5, 5.41) is 14.4. The number of nitro groups is 1. The van der Waals surface area contributed by atoms with Crippen LogP contribution in [0.5, 0.6) is 5.75 Å². The van der Waals surface area contributed by atoms with Crippen molar-refractivity contribution in [1.29, 1.82) is 0 Å². The van der Waals surface area contributed by atoms with Crippen LogP contribution in [0, 0.1) is 10.1 Å². The summed E-state index contributed by atoms with van der Waals surface area (Å²) in [5.74, 6) is 0.336. The minimum atomic E-state index is -0.879. The molecule has 0 aliphatic rings. The summed E-state index contributed by atoms with van der Waals surface area (Å²) in [7, 11) is 0. The van der Waals surface area contributed by atoms with Crippen LogP contribution in [0.25, 0.3) is 0 Å². The maximum absolute atomic E-state index is 10.5. The van der Waals surface area contributed by atoms with Crippen LogP contribution in [0.3, 0.4) is 0 Å². The quantitative estimate of drug-likeness (QED) is 0.658. The Balaban J connectivity index is 2.06. The Hall–Kier alpha value is -2.90. The molecule has 8 heteroatoms. The van der Waals surface area contributed by atoms with Crippen LogP contribution in [0.2, 0.25) is 0 Å². The highest BCUT2D eigenvalue weighted by Gasteiger charge is 2.08. The summed E-state index contributed by atoms with van der Waals surface area (Å²) in [5.41, 5.74) is 5.67. The number of hydrogen-bond acceptors (Lipinski definition) is 5. The lowest BCUT2D eigenvalue weighted by Gasteiger charge is -2.03. The van der Waals surface area contributed by atoms with E-state index in [1.807, 2.05) is 0 Å². The molecule has 0 saturated heterocycles. The van der Waals surface area contributed by atoms with E-state index in [9.17, 15) is 14.9 Å². The molecule has 98 valence electrons.